The van der Waals surface area contributed by atoms with Gasteiger partial charge in [0.2, 0.25) is 5.91 Å². The van der Waals surface area contributed by atoms with Crippen LogP contribution in [0.4, 0.5) is 0 Å². The molecule has 1 saturated heterocycles. The van der Waals surface area contributed by atoms with Crippen LogP contribution in [-0.4, -0.2) is 98.7 Å². The third-order valence-corrected chi connectivity index (χ3v) is 15.2. The Bertz CT molecular complexity index is 1200. The van der Waals surface area contributed by atoms with Crippen LogP contribution in [0.5, 0.6) is 0 Å². The van der Waals surface area contributed by atoms with Gasteiger partial charge in [-0.05, 0) is 44.9 Å². The van der Waals surface area contributed by atoms with Gasteiger partial charge in [-0.3, -0.25) is 4.79 Å². The predicted octanol–water partition coefficient (Wildman–Crippen LogP) is 14.7. The minimum Gasteiger partial charge on any atom is -0.394 e. The minimum atomic E-state index is -1.60. The lowest BCUT2D eigenvalue weighted by atomic mass is 9.99. The van der Waals surface area contributed by atoms with Gasteiger partial charge in [-0.15, -0.1) is 0 Å². The van der Waals surface area contributed by atoms with Crippen LogP contribution in [0.1, 0.15) is 303 Å². The maximum atomic E-state index is 13.2. The highest BCUT2D eigenvalue weighted by molar-refractivity contribution is 5.80. The molecule has 426 valence electrons. The second kappa shape index (κ2) is 51.7. The highest BCUT2D eigenvalue weighted by atomic mass is 16.7. The van der Waals surface area contributed by atoms with Gasteiger partial charge in [0.05, 0.1) is 25.4 Å². The lowest BCUT2D eigenvalue weighted by Crippen LogP contribution is -2.60. The Hall–Kier alpha value is -1.37. The molecule has 0 spiro atoms. The number of ether oxygens (including phenoxy) is 2. The molecule has 7 N–H and O–H groups in total. The molecular weight excluding hydrogens is 903 g/mol. The van der Waals surface area contributed by atoms with Crippen molar-refractivity contribution in [2.45, 2.75) is 352 Å². The molecule has 0 aliphatic carbocycles. The Kier molecular flexibility index (Phi) is 49.3. The summed E-state index contributed by atoms with van der Waals surface area (Å²) < 4.78 is 11.3. The van der Waals surface area contributed by atoms with Gasteiger partial charge in [0.25, 0.3) is 0 Å². The number of nitrogens with one attached hydrogen (secondary N) is 1. The molecule has 0 aromatic rings. The Morgan fingerprint density at radius 3 is 1.19 bits per heavy atom. The first-order valence-electron chi connectivity index (χ1n) is 31.1. The normalized spacial score (nSPS) is 19.7. The molecule has 0 aromatic heterocycles. The molecule has 1 rings (SSSR count). The van der Waals surface area contributed by atoms with E-state index >= 15 is 0 Å². The maximum Gasteiger partial charge on any atom is 0.249 e. The Morgan fingerprint density at radius 1 is 0.472 bits per heavy atom. The largest absolute Gasteiger partial charge is 0.394 e. The molecule has 1 fully saturated rings. The van der Waals surface area contributed by atoms with Gasteiger partial charge in [-0.1, -0.05) is 282 Å². The summed E-state index contributed by atoms with van der Waals surface area (Å²) in [7, 11) is 0. The van der Waals surface area contributed by atoms with Crippen LogP contribution >= 0.6 is 0 Å². The fourth-order valence-electron chi connectivity index (χ4n) is 10.1. The summed E-state index contributed by atoms with van der Waals surface area (Å²) in [5, 5.41) is 65.3. The number of allylic oxidation sites excluding steroid dienone is 4. The molecule has 1 heterocycles. The van der Waals surface area contributed by atoms with Crippen molar-refractivity contribution in [3.63, 3.8) is 0 Å². The number of rotatable bonds is 54. The fourth-order valence-corrected chi connectivity index (χ4v) is 10.1. The van der Waals surface area contributed by atoms with E-state index in [4.69, 9.17) is 9.47 Å². The first-order chi connectivity index (χ1) is 35.3. The smallest absolute Gasteiger partial charge is 0.249 e. The Balaban J connectivity index is 2.18. The highest BCUT2D eigenvalue weighted by Crippen LogP contribution is 2.23. The van der Waals surface area contributed by atoms with E-state index in [-0.39, 0.29) is 6.61 Å². The monoisotopic (exact) mass is 1020 g/mol. The number of carbonyl (C=O) groups is 1. The topological polar surface area (TPSA) is 169 Å². The molecule has 0 aromatic carbocycles. The second-order valence-corrected chi connectivity index (χ2v) is 22.0. The van der Waals surface area contributed by atoms with Crippen molar-refractivity contribution in [3.05, 3.63) is 24.3 Å². The van der Waals surface area contributed by atoms with E-state index in [0.717, 1.165) is 57.8 Å². The van der Waals surface area contributed by atoms with E-state index in [1.807, 2.05) is 0 Å². The van der Waals surface area contributed by atoms with Crippen molar-refractivity contribution >= 4 is 5.91 Å². The zero-order chi connectivity index (χ0) is 52.4. The summed E-state index contributed by atoms with van der Waals surface area (Å²) in [6, 6.07) is -0.894. The number of carbonyl (C=O) groups excluding carboxylic acids is 1. The van der Waals surface area contributed by atoms with E-state index in [9.17, 15) is 35.4 Å². The predicted molar refractivity (Wildman–Crippen MR) is 301 cm³/mol. The molecular formula is C62H119NO9. The van der Waals surface area contributed by atoms with Crippen LogP contribution in [0.2, 0.25) is 0 Å². The van der Waals surface area contributed by atoms with E-state index in [0.29, 0.717) is 12.8 Å². The average molecular weight is 1020 g/mol. The van der Waals surface area contributed by atoms with Crippen LogP contribution in [0.3, 0.4) is 0 Å². The van der Waals surface area contributed by atoms with Crippen LogP contribution in [-0.2, 0) is 14.3 Å². The molecule has 1 amide bonds. The van der Waals surface area contributed by atoms with Gasteiger partial charge < -0.3 is 45.4 Å². The van der Waals surface area contributed by atoms with E-state index in [2.05, 4.69) is 43.5 Å². The lowest BCUT2D eigenvalue weighted by molar-refractivity contribution is -0.302. The SMILES string of the molecule is CCCCCCCCCCC/C=C\C/C=C\CCCCCCCCCCCCCCCCC(O)C(=O)NC(COC1OC(CO)C(O)C(O)C1O)C(O)CCCCCCCCCCCCCCCCCCC. The van der Waals surface area contributed by atoms with Gasteiger partial charge in [0.1, 0.15) is 30.5 Å². The van der Waals surface area contributed by atoms with Crippen molar-refractivity contribution in [1.29, 1.82) is 0 Å². The number of hydrogen-bond donors (Lipinski definition) is 7. The van der Waals surface area contributed by atoms with Crippen LogP contribution in [0, 0.1) is 0 Å². The Morgan fingerprint density at radius 2 is 0.819 bits per heavy atom. The number of amides is 1. The molecule has 10 nitrogen and oxygen atoms in total. The zero-order valence-corrected chi connectivity index (χ0v) is 47.1. The van der Waals surface area contributed by atoms with Crippen molar-refractivity contribution in [2.75, 3.05) is 13.2 Å². The summed E-state index contributed by atoms with van der Waals surface area (Å²) in [5.74, 6) is -0.579. The molecule has 0 radical (unpaired) electrons. The average Bonchev–Trinajstić information content (AvgIpc) is 3.38. The molecule has 8 unspecified atom stereocenters. The van der Waals surface area contributed by atoms with Crippen LogP contribution in [0.15, 0.2) is 24.3 Å². The summed E-state index contributed by atoms with van der Waals surface area (Å²) in [6.45, 7) is 3.71. The van der Waals surface area contributed by atoms with Crippen LogP contribution in [0.25, 0.3) is 0 Å². The van der Waals surface area contributed by atoms with Gasteiger partial charge >= 0.3 is 0 Å². The van der Waals surface area contributed by atoms with E-state index in [1.54, 1.807) is 0 Å². The second-order valence-electron chi connectivity index (χ2n) is 22.0. The molecule has 1 aliphatic rings. The first-order valence-corrected chi connectivity index (χ1v) is 31.1. The van der Waals surface area contributed by atoms with Crippen molar-refractivity contribution in [2.24, 2.45) is 0 Å². The minimum absolute atomic E-state index is 0.253. The molecule has 0 saturated carbocycles. The van der Waals surface area contributed by atoms with Crippen molar-refractivity contribution in [3.8, 4) is 0 Å². The van der Waals surface area contributed by atoms with Gasteiger partial charge in [0, 0.05) is 0 Å². The lowest BCUT2D eigenvalue weighted by Gasteiger charge is -2.40. The molecule has 1 aliphatic heterocycles. The van der Waals surface area contributed by atoms with Gasteiger partial charge in [-0.25, -0.2) is 0 Å². The highest BCUT2D eigenvalue weighted by Gasteiger charge is 2.44. The summed E-state index contributed by atoms with van der Waals surface area (Å²) in [4.78, 5) is 13.2. The van der Waals surface area contributed by atoms with Crippen molar-refractivity contribution < 1.29 is 44.9 Å². The number of aliphatic hydroxyl groups is 6. The van der Waals surface area contributed by atoms with Gasteiger partial charge in [0.15, 0.2) is 6.29 Å². The molecule has 10 heteroatoms. The number of aliphatic hydroxyl groups excluding tert-OH is 6. The molecule has 72 heavy (non-hydrogen) atoms. The van der Waals surface area contributed by atoms with E-state index in [1.165, 1.54) is 218 Å². The number of unbranched alkanes of at least 4 members (excludes halogenated alkanes) is 39. The summed E-state index contributed by atoms with van der Waals surface area (Å²) in [6.07, 6.45) is 55.4. The summed E-state index contributed by atoms with van der Waals surface area (Å²) in [5.41, 5.74) is 0. The standard InChI is InChI=1S/C62H119NO9/c1-3-5-7-9-11-13-15-17-19-21-22-23-24-25-26-27-28-29-30-31-32-33-35-37-39-41-43-45-47-49-51-56(66)61(70)63-54(53-71-62-60(69)59(68)58(67)57(52-64)72-62)55(65)50-48-46-44-42-40-38-36-34-20-18-16-14-12-10-8-6-4-2/h22-23,25-26,54-60,62,64-69H,3-21,24,27-53H2,1-2H3,(H,63,70)/b23-22-,26-25-. The Labute approximate surface area is 443 Å². The van der Waals surface area contributed by atoms with Crippen LogP contribution < -0.4 is 5.32 Å². The summed E-state index contributed by atoms with van der Waals surface area (Å²) >= 11 is 0. The van der Waals surface area contributed by atoms with Crippen molar-refractivity contribution in [1.82, 2.24) is 5.32 Å². The first kappa shape index (κ1) is 68.6. The molecule has 8 atom stereocenters. The maximum absolute atomic E-state index is 13.2. The zero-order valence-electron chi connectivity index (χ0n) is 47.1. The third-order valence-electron chi connectivity index (χ3n) is 15.2. The fraction of sp³-hybridized carbons (Fsp3) is 0.919. The third kappa shape index (κ3) is 40.0. The quantitative estimate of drug-likeness (QED) is 0.0232. The number of hydrogen-bond acceptors (Lipinski definition) is 9. The molecule has 0 bridgehead atoms. The van der Waals surface area contributed by atoms with Gasteiger partial charge in [-0.2, -0.15) is 0 Å². The van der Waals surface area contributed by atoms with E-state index < -0.39 is 61.5 Å².